The first-order valence-electron chi connectivity index (χ1n) is 8.35. The van der Waals surface area contributed by atoms with E-state index in [1.807, 2.05) is 0 Å². The van der Waals surface area contributed by atoms with E-state index in [4.69, 9.17) is 9.47 Å². The van der Waals surface area contributed by atoms with Crippen molar-refractivity contribution in [3.05, 3.63) is 0 Å². The Morgan fingerprint density at radius 1 is 0.783 bits per heavy atom. The number of carbonyl (C=O) groups excluding carboxylic acids is 3. The third-order valence-corrected chi connectivity index (χ3v) is 3.06. The van der Waals surface area contributed by atoms with Crippen LogP contribution >= 0.6 is 0 Å². The molecule has 0 aliphatic carbocycles. The van der Waals surface area contributed by atoms with Gasteiger partial charge in [0, 0.05) is 6.92 Å². The van der Waals surface area contributed by atoms with Gasteiger partial charge in [0.1, 0.15) is 0 Å². The van der Waals surface area contributed by atoms with E-state index in [9.17, 15) is 14.4 Å². The van der Waals surface area contributed by atoms with Gasteiger partial charge < -0.3 is 9.47 Å². The summed E-state index contributed by atoms with van der Waals surface area (Å²) in [6.07, 6.45) is 5.46. The summed E-state index contributed by atoms with van der Waals surface area (Å²) in [4.78, 5) is 39.2. The quantitative estimate of drug-likeness (QED) is 0.339. The van der Waals surface area contributed by atoms with Crippen LogP contribution in [0.25, 0.3) is 0 Å². The number of nitrogens with zero attached hydrogens (tertiary/aromatic N) is 1. The largest absolute Gasteiger partial charge is 0.534 e. The number of imide groups is 1. The third kappa shape index (κ3) is 11.4. The molecule has 0 bridgehead atoms. The maximum absolute atomic E-state index is 11.7. The van der Waals surface area contributed by atoms with Gasteiger partial charge in [0.25, 0.3) is 5.91 Å². The summed E-state index contributed by atoms with van der Waals surface area (Å²) in [6, 6.07) is 0. The normalized spacial score (nSPS) is 10.0. The number of unbranched alkanes of at least 4 members (excludes halogenated alkanes) is 6. The lowest BCUT2D eigenvalue weighted by molar-refractivity contribution is -0.161. The average Bonchev–Trinajstić information content (AvgIpc) is 2.51. The second-order valence-corrected chi connectivity index (χ2v) is 5.24. The van der Waals surface area contributed by atoms with E-state index < -0.39 is 18.2 Å². The Bertz CT molecular complexity index is 358. The van der Waals surface area contributed by atoms with Gasteiger partial charge in [-0.1, -0.05) is 57.4 Å². The zero-order chi connectivity index (χ0) is 17.5. The van der Waals surface area contributed by atoms with Gasteiger partial charge in [-0.05, 0) is 12.8 Å². The van der Waals surface area contributed by atoms with Gasteiger partial charge >= 0.3 is 12.2 Å². The van der Waals surface area contributed by atoms with Gasteiger partial charge in [-0.3, -0.25) is 9.63 Å². The third-order valence-electron chi connectivity index (χ3n) is 3.06. The van der Waals surface area contributed by atoms with E-state index in [1.165, 1.54) is 0 Å². The van der Waals surface area contributed by atoms with Crippen molar-refractivity contribution in [1.29, 1.82) is 0 Å². The summed E-state index contributed by atoms with van der Waals surface area (Å²) in [7, 11) is 0. The van der Waals surface area contributed by atoms with Gasteiger partial charge in [-0.15, -0.1) is 0 Å². The van der Waals surface area contributed by atoms with Crippen molar-refractivity contribution in [2.75, 3.05) is 13.2 Å². The van der Waals surface area contributed by atoms with Crippen LogP contribution in [0, 0.1) is 0 Å². The zero-order valence-electron chi connectivity index (χ0n) is 14.5. The molecule has 0 unspecified atom stereocenters. The fourth-order valence-electron chi connectivity index (χ4n) is 1.76. The van der Waals surface area contributed by atoms with Gasteiger partial charge in [-0.25, -0.2) is 9.59 Å². The molecule has 0 aromatic carbocycles. The van der Waals surface area contributed by atoms with Crippen molar-refractivity contribution < 1.29 is 28.7 Å². The van der Waals surface area contributed by atoms with Crippen LogP contribution < -0.4 is 0 Å². The van der Waals surface area contributed by atoms with Gasteiger partial charge in [0.05, 0.1) is 13.2 Å². The van der Waals surface area contributed by atoms with Crippen LogP contribution in [0.3, 0.4) is 0 Å². The minimum absolute atomic E-state index is 0.179. The Morgan fingerprint density at radius 2 is 1.30 bits per heavy atom. The molecule has 0 atom stereocenters. The highest BCUT2D eigenvalue weighted by Gasteiger charge is 2.25. The van der Waals surface area contributed by atoms with Crippen LogP contribution in [0.15, 0.2) is 0 Å². The summed E-state index contributed by atoms with van der Waals surface area (Å²) in [5, 5.41) is 0.286. The molecule has 0 saturated heterocycles. The monoisotopic (exact) mass is 331 g/mol. The van der Waals surface area contributed by atoms with Crippen molar-refractivity contribution in [2.45, 2.75) is 72.1 Å². The zero-order valence-corrected chi connectivity index (χ0v) is 14.5. The van der Waals surface area contributed by atoms with Crippen LogP contribution in [0.4, 0.5) is 9.59 Å². The molecule has 23 heavy (non-hydrogen) atoms. The minimum Gasteiger partial charge on any atom is -0.447 e. The molecular weight excluding hydrogens is 302 g/mol. The SMILES string of the molecule is CCCCCCOC(=O)ON(C(C)=O)C(=O)OCCCCCC. The highest BCUT2D eigenvalue weighted by molar-refractivity contribution is 5.90. The first-order valence-corrected chi connectivity index (χ1v) is 8.35. The predicted molar refractivity (Wildman–Crippen MR) is 84.6 cm³/mol. The molecule has 0 aromatic rings. The Kier molecular flexibility index (Phi) is 12.8. The Labute approximate surface area is 138 Å². The molecule has 0 radical (unpaired) electrons. The van der Waals surface area contributed by atoms with E-state index in [0.29, 0.717) is 12.8 Å². The molecular formula is C16H29NO6. The molecule has 7 nitrogen and oxygen atoms in total. The van der Waals surface area contributed by atoms with Crippen molar-refractivity contribution >= 4 is 18.2 Å². The molecule has 0 fully saturated rings. The van der Waals surface area contributed by atoms with Crippen LogP contribution in [0.5, 0.6) is 0 Å². The number of hydrogen-bond acceptors (Lipinski definition) is 6. The second-order valence-electron chi connectivity index (χ2n) is 5.24. The van der Waals surface area contributed by atoms with Crippen molar-refractivity contribution in [3.8, 4) is 0 Å². The fraction of sp³-hybridized carbons (Fsp3) is 0.812. The van der Waals surface area contributed by atoms with Crippen LogP contribution in [-0.2, 0) is 19.1 Å². The first-order chi connectivity index (χ1) is 11.0. The molecule has 0 saturated carbocycles. The Morgan fingerprint density at radius 3 is 1.78 bits per heavy atom. The molecule has 0 aromatic heterocycles. The van der Waals surface area contributed by atoms with Crippen molar-refractivity contribution in [1.82, 2.24) is 5.06 Å². The molecule has 0 N–H and O–H groups in total. The molecule has 0 heterocycles. The summed E-state index contributed by atoms with van der Waals surface area (Å²) in [5.74, 6) is -0.744. The molecule has 0 rings (SSSR count). The number of ether oxygens (including phenoxy) is 2. The van der Waals surface area contributed by atoms with Gasteiger partial charge in [0.2, 0.25) is 0 Å². The molecule has 2 amide bonds. The summed E-state index contributed by atoms with van der Waals surface area (Å²) in [5.41, 5.74) is 0. The minimum atomic E-state index is -1.08. The lowest BCUT2D eigenvalue weighted by atomic mass is 10.2. The topological polar surface area (TPSA) is 82.1 Å². The van der Waals surface area contributed by atoms with Crippen molar-refractivity contribution in [2.24, 2.45) is 0 Å². The highest BCUT2D eigenvalue weighted by atomic mass is 16.8. The van der Waals surface area contributed by atoms with Gasteiger partial charge in [0.15, 0.2) is 0 Å². The molecule has 0 spiro atoms. The van der Waals surface area contributed by atoms with E-state index in [2.05, 4.69) is 18.7 Å². The molecule has 7 heteroatoms. The maximum Gasteiger partial charge on any atom is 0.534 e. The Balaban J connectivity index is 4.06. The predicted octanol–water partition coefficient (Wildman–Crippen LogP) is 4.20. The number of carbonyl (C=O) groups is 3. The molecule has 134 valence electrons. The van der Waals surface area contributed by atoms with E-state index in [0.717, 1.165) is 45.4 Å². The van der Waals surface area contributed by atoms with Crippen LogP contribution in [0.2, 0.25) is 0 Å². The number of hydrogen-bond donors (Lipinski definition) is 0. The highest BCUT2D eigenvalue weighted by Crippen LogP contribution is 2.04. The average molecular weight is 331 g/mol. The van der Waals surface area contributed by atoms with Crippen LogP contribution in [0.1, 0.15) is 72.1 Å². The lowest BCUT2D eigenvalue weighted by Gasteiger charge is -2.16. The second kappa shape index (κ2) is 13.8. The van der Waals surface area contributed by atoms with Crippen molar-refractivity contribution in [3.63, 3.8) is 0 Å². The van der Waals surface area contributed by atoms with E-state index in [-0.39, 0.29) is 18.3 Å². The lowest BCUT2D eigenvalue weighted by Crippen LogP contribution is -2.38. The number of amides is 2. The van der Waals surface area contributed by atoms with E-state index in [1.54, 1.807) is 0 Å². The maximum atomic E-state index is 11.7. The van der Waals surface area contributed by atoms with Crippen LogP contribution in [-0.4, -0.2) is 36.4 Å². The fourth-order valence-corrected chi connectivity index (χ4v) is 1.76. The summed E-state index contributed by atoms with van der Waals surface area (Å²) < 4.78 is 9.72. The standard InChI is InChI=1S/C16H29NO6/c1-4-6-8-10-12-21-15(19)17(14(3)18)23-16(20)22-13-11-9-7-5-2/h4-13H2,1-3H3. The summed E-state index contributed by atoms with van der Waals surface area (Å²) >= 11 is 0. The summed E-state index contributed by atoms with van der Waals surface area (Å²) in [6.45, 7) is 5.63. The molecule has 0 aliphatic heterocycles. The smallest absolute Gasteiger partial charge is 0.447 e. The first kappa shape index (κ1) is 21.2. The molecule has 0 aliphatic rings. The van der Waals surface area contributed by atoms with Gasteiger partial charge in [-0.2, -0.15) is 0 Å². The number of rotatable bonds is 10. The van der Waals surface area contributed by atoms with E-state index >= 15 is 0 Å². The number of hydroxylamine groups is 2. The Hall–Kier alpha value is -1.79.